The maximum atomic E-state index is 5.34. The van der Waals surface area contributed by atoms with E-state index in [0.29, 0.717) is 6.04 Å². The topological polar surface area (TPSA) is 30.5 Å². The van der Waals surface area contributed by atoms with Crippen molar-refractivity contribution in [1.82, 2.24) is 5.32 Å². The molecule has 19 heavy (non-hydrogen) atoms. The summed E-state index contributed by atoms with van der Waals surface area (Å²) >= 11 is 3.59. The third-order valence-corrected chi connectivity index (χ3v) is 4.00. The number of rotatable bonds is 8. The Labute approximate surface area is 124 Å². The minimum absolute atomic E-state index is 0.574. The molecule has 1 atom stereocenters. The average Bonchev–Trinajstić information content (AvgIpc) is 2.44. The summed E-state index contributed by atoms with van der Waals surface area (Å²) < 4.78 is 11.7. The van der Waals surface area contributed by atoms with Gasteiger partial charge in [-0.2, -0.15) is 0 Å². The second-order valence-corrected chi connectivity index (χ2v) is 5.43. The molecule has 0 saturated carbocycles. The van der Waals surface area contributed by atoms with Gasteiger partial charge in [0.2, 0.25) is 0 Å². The zero-order valence-corrected chi connectivity index (χ0v) is 13.8. The Morgan fingerprint density at radius 1 is 1.16 bits per heavy atom. The summed E-state index contributed by atoms with van der Waals surface area (Å²) in [5.74, 6) is 1.52. The molecule has 108 valence electrons. The van der Waals surface area contributed by atoms with Gasteiger partial charge in [-0.15, -0.1) is 0 Å². The van der Waals surface area contributed by atoms with Crippen molar-refractivity contribution in [3.8, 4) is 11.5 Å². The number of hydrogen-bond acceptors (Lipinski definition) is 3. The van der Waals surface area contributed by atoms with Crippen LogP contribution in [0.1, 0.15) is 38.7 Å². The molecule has 3 nitrogen and oxygen atoms in total. The molecule has 0 radical (unpaired) electrons. The summed E-state index contributed by atoms with van der Waals surface area (Å²) in [5, 5.41) is 3.59. The maximum absolute atomic E-state index is 5.34. The van der Waals surface area contributed by atoms with E-state index in [2.05, 4.69) is 35.1 Å². The van der Waals surface area contributed by atoms with Crippen molar-refractivity contribution in [1.29, 1.82) is 0 Å². The normalized spacial score (nSPS) is 12.3. The zero-order chi connectivity index (χ0) is 14.3. The van der Waals surface area contributed by atoms with Gasteiger partial charge >= 0.3 is 0 Å². The van der Waals surface area contributed by atoms with E-state index in [0.717, 1.165) is 28.9 Å². The molecule has 1 unspecified atom stereocenters. The van der Waals surface area contributed by atoms with Gasteiger partial charge < -0.3 is 14.8 Å². The van der Waals surface area contributed by atoms with Crippen LogP contribution in [0.15, 0.2) is 16.6 Å². The van der Waals surface area contributed by atoms with Gasteiger partial charge in [0.1, 0.15) is 0 Å². The van der Waals surface area contributed by atoms with Crippen LogP contribution in [0.2, 0.25) is 0 Å². The molecule has 0 aliphatic carbocycles. The van der Waals surface area contributed by atoms with Crippen LogP contribution >= 0.6 is 15.9 Å². The first kappa shape index (κ1) is 16.3. The lowest BCUT2D eigenvalue weighted by molar-refractivity contribution is 0.354. The fourth-order valence-electron chi connectivity index (χ4n) is 2.09. The van der Waals surface area contributed by atoms with Crippen molar-refractivity contribution >= 4 is 15.9 Å². The van der Waals surface area contributed by atoms with Gasteiger partial charge in [-0.25, -0.2) is 0 Å². The van der Waals surface area contributed by atoms with Crippen LogP contribution in [0.4, 0.5) is 0 Å². The van der Waals surface area contributed by atoms with Crippen LogP contribution < -0.4 is 14.8 Å². The van der Waals surface area contributed by atoms with E-state index >= 15 is 0 Å². The van der Waals surface area contributed by atoms with Crippen molar-refractivity contribution in [2.75, 3.05) is 14.2 Å². The van der Waals surface area contributed by atoms with Crippen LogP contribution in [0.3, 0.4) is 0 Å². The Hall–Kier alpha value is -0.740. The predicted octanol–water partition coefficient (Wildman–Crippen LogP) is 4.13. The quantitative estimate of drug-likeness (QED) is 0.777. The van der Waals surface area contributed by atoms with E-state index in [1.54, 1.807) is 14.2 Å². The van der Waals surface area contributed by atoms with Crippen molar-refractivity contribution in [3.05, 3.63) is 22.2 Å². The number of ether oxygens (including phenoxy) is 2. The van der Waals surface area contributed by atoms with Gasteiger partial charge in [0.15, 0.2) is 11.5 Å². The van der Waals surface area contributed by atoms with Gasteiger partial charge in [-0.1, -0.05) is 36.2 Å². The second kappa shape index (κ2) is 8.43. The van der Waals surface area contributed by atoms with Crippen LogP contribution in [-0.2, 0) is 6.54 Å². The molecule has 0 bridgehead atoms. The molecular formula is C15H24BrNO2. The molecule has 1 N–H and O–H groups in total. The van der Waals surface area contributed by atoms with Gasteiger partial charge in [-0.05, 0) is 30.5 Å². The van der Waals surface area contributed by atoms with Gasteiger partial charge in [0.05, 0.1) is 14.2 Å². The lowest BCUT2D eigenvalue weighted by Crippen LogP contribution is -2.27. The minimum Gasteiger partial charge on any atom is -0.493 e. The predicted molar refractivity (Wildman–Crippen MR) is 83.1 cm³/mol. The molecule has 1 aromatic rings. The summed E-state index contributed by atoms with van der Waals surface area (Å²) in [5.41, 5.74) is 1.19. The third kappa shape index (κ3) is 4.69. The van der Waals surface area contributed by atoms with Gasteiger partial charge in [0, 0.05) is 17.1 Å². The van der Waals surface area contributed by atoms with Crippen molar-refractivity contribution in [2.45, 2.75) is 45.7 Å². The van der Waals surface area contributed by atoms with Crippen molar-refractivity contribution < 1.29 is 9.47 Å². The van der Waals surface area contributed by atoms with Gasteiger partial charge in [-0.3, -0.25) is 0 Å². The molecule has 0 aromatic heterocycles. The minimum atomic E-state index is 0.574. The molecule has 1 aromatic carbocycles. The van der Waals surface area contributed by atoms with Crippen molar-refractivity contribution in [3.63, 3.8) is 0 Å². The number of hydrogen-bond donors (Lipinski definition) is 1. The highest BCUT2D eigenvalue weighted by Gasteiger charge is 2.11. The number of halogens is 1. The SMILES string of the molecule is CCCC(CC)NCc1cc(OC)c(OC)cc1Br. The van der Waals surface area contributed by atoms with Crippen LogP contribution in [0.5, 0.6) is 11.5 Å². The fourth-order valence-corrected chi connectivity index (χ4v) is 2.55. The Morgan fingerprint density at radius 3 is 2.32 bits per heavy atom. The largest absolute Gasteiger partial charge is 0.493 e. The van der Waals surface area contributed by atoms with E-state index in [1.807, 2.05) is 12.1 Å². The highest BCUT2D eigenvalue weighted by atomic mass is 79.9. The van der Waals surface area contributed by atoms with Gasteiger partial charge in [0.25, 0.3) is 0 Å². The van der Waals surface area contributed by atoms with E-state index in [4.69, 9.17) is 9.47 Å². The molecular weight excluding hydrogens is 306 g/mol. The zero-order valence-electron chi connectivity index (χ0n) is 12.3. The molecule has 0 saturated heterocycles. The average molecular weight is 330 g/mol. The Balaban J connectivity index is 2.77. The monoisotopic (exact) mass is 329 g/mol. The van der Waals surface area contributed by atoms with Crippen LogP contribution in [0, 0.1) is 0 Å². The highest BCUT2D eigenvalue weighted by molar-refractivity contribution is 9.10. The first-order valence-corrected chi connectivity index (χ1v) is 7.59. The summed E-state index contributed by atoms with van der Waals surface area (Å²) in [7, 11) is 3.31. The van der Waals surface area contributed by atoms with E-state index < -0.39 is 0 Å². The molecule has 0 aliphatic heterocycles. The first-order valence-electron chi connectivity index (χ1n) is 6.79. The summed E-state index contributed by atoms with van der Waals surface area (Å²) in [6.07, 6.45) is 3.57. The van der Waals surface area contributed by atoms with E-state index in [-0.39, 0.29) is 0 Å². The molecule has 1 rings (SSSR count). The van der Waals surface area contributed by atoms with Crippen LogP contribution in [-0.4, -0.2) is 20.3 Å². The summed E-state index contributed by atoms with van der Waals surface area (Å²) in [4.78, 5) is 0. The first-order chi connectivity index (χ1) is 9.15. The molecule has 0 heterocycles. The number of benzene rings is 1. The second-order valence-electron chi connectivity index (χ2n) is 4.57. The number of methoxy groups -OCH3 is 2. The Kier molecular flexibility index (Phi) is 7.24. The summed E-state index contributed by atoms with van der Waals surface area (Å²) in [6, 6.07) is 4.55. The highest BCUT2D eigenvalue weighted by Crippen LogP contribution is 2.33. The molecule has 4 heteroatoms. The van der Waals surface area contributed by atoms with Crippen molar-refractivity contribution in [2.24, 2.45) is 0 Å². The molecule has 0 spiro atoms. The molecule has 0 amide bonds. The maximum Gasteiger partial charge on any atom is 0.161 e. The smallest absolute Gasteiger partial charge is 0.161 e. The lowest BCUT2D eigenvalue weighted by Gasteiger charge is -2.18. The lowest BCUT2D eigenvalue weighted by atomic mass is 10.1. The Bertz CT molecular complexity index is 396. The molecule has 0 fully saturated rings. The summed E-state index contributed by atoms with van der Waals surface area (Å²) in [6.45, 7) is 5.27. The number of nitrogens with one attached hydrogen (secondary N) is 1. The molecule has 0 aliphatic rings. The van der Waals surface area contributed by atoms with E-state index in [1.165, 1.54) is 18.4 Å². The fraction of sp³-hybridized carbons (Fsp3) is 0.600. The van der Waals surface area contributed by atoms with E-state index in [9.17, 15) is 0 Å². The third-order valence-electron chi connectivity index (χ3n) is 3.26. The standard InChI is InChI=1S/C15H24BrNO2/c1-5-7-12(6-2)17-10-11-8-14(18-3)15(19-4)9-13(11)16/h8-9,12,17H,5-7,10H2,1-4H3. The Morgan fingerprint density at radius 2 is 1.79 bits per heavy atom. The van der Waals surface area contributed by atoms with Crippen LogP contribution in [0.25, 0.3) is 0 Å².